The lowest BCUT2D eigenvalue weighted by Gasteiger charge is -2.33. The molecule has 26 heavy (non-hydrogen) atoms. The number of nitrogens with zero attached hydrogens (tertiary/aromatic N) is 2. The first-order valence-electron chi connectivity index (χ1n) is 8.60. The number of ether oxygens (including phenoxy) is 2. The molecule has 2 aliphatic rings. The Labute approximate surface area is 157 Å². The average Bonchev–Trinajstić information content (AvgIpc) is 2.94. The summed E-state index contributed by atoms with van der Waals surface area (Å²) in [5.41, 5.74) is 1.82. The number of hydrogen-bond acceptors (Lipinski definition) is 6. The number of amidine groups is 1. The van der Waals surface area contributed by atoms with Crippen molar-refractivity contribution in [2.24, 2.45) is 4.99 Å². The number of benzene rings is 1. The molecular weight excluding hydrogens is 352 g/mol. The minimum absolute atomic E-state index is 0.0597. The van der Waals surface area contributed by atoms with Gasteiger partial charge in [-0.05, 0) is 45.4 Å². The van der Waals surface area contributed by atoms with E-state index < -0.39 is 12.0 Å². The molecule has 1 atom stereocenters. The van der Waals surface area contributed by atoms with E-state index in [1.165, 1.54) is 11.8 Å². The van der Waals surface area contributed by atoms with Crippen LogP contribution in [0.1, 0.15) is 39.3 Å². The summed E-state index contributed by atoms with van der Waals surface area (Å²) < 4.78 is 10.9. The van der Waals surface area contributed by atoms with Crippen LogP contribution in [0.5, 0.6) is 5.75 Å². The molecule has 1 saturated heterocycles. The van der Waals surface area contributed by atoms with Gasteiger partial charge in [-0.15, -0.1) is 0 Å². The van der Waals surface area contributed by atoms with Crippen molar-refractivity contribution in [3.8, 4) is 5.75 Å². The van der Waals surface area contributed by atoms with E-state index in [2.05, 4.69) is 4.99 Å². The third-order valence-corrected chi connectivity index (χ3v) is 4.98. The zero-order chi connectivity index (χ0) is 18.8. The van der Waals surface area contributed by atoms with Crippen molar-refractivity contribution < 1.29 is 19.1 Å². The van der Waals surface area contributed by atoms with Gasteiger partial charge in [-0.1, -0.05) is 23.9 Å². The van der Waals surface area contributed by atoms with Crippen LogP contribution in [0.25, 0.3) is 0 Å². The highest BCUT2D eigenvalue weighted by Gasteiger charge is 2.43. The summed E-state index contributed by atoms with van der Waals surface area (Å²) in [6.07, 6.45) is 0.0723. The molecule has 1 aromatic rings. The molecule has 1 unspecified atom stereocenters. The Bertz CT molecular complexity index is 783. The molecule has 1 amide bonds. The molecule has 0 aromatic heterocycles. The largest absolute Gasteiger partial charge is 0.491 e. The van der Waals surface area contributed by atoms with Gasteiger partial charge in [0.1, 0.15) is 5.75 Å². The second kappa shape index (κ2) is 7.53. The first-order chi connectivity index (χ1) is 12.4. The van der Waals surface area contributed by atoms with Crippen molar-refractivity contribution in [2.75, 3.05) is 12.4 Å². The van der Waals surface area contributed by atoms with Gasteiger partial charge in [0.2, 0.25) is 5.91 Å². The average molecular weight is 374 g/mol. The zero-order valence-corrected chi connectivity index (χ0v) is 16.1. The highest BCUT2D eigenvalue weighted by atomic mass is 32.2. The van der Waals surface area contributed by atoms with Gasteiger partial charge in [-0.3, -0.25) is 9.69 Å². The fourth-order valence-corrected chi connectivity index (χ4v) is 3.97. The lowest BCUT2D eigenvalue weighted by Crippen LogP contribution is -2.39. The van der Waals surface area contributed by atoms with E-state index in [-0.39, 0.29) is 18.6 Å². The lowest BCUT2D eigenvalue weighted by molar-refractivity contribution is -0.139. The molecule has 138 valence electrons. The highest BCUT2D eigenvalue weighted by Crippen LogP contribution is 2.41. The van der Waals surface area contributed by atoms with Gasteiger partial charge in [0.15, 0.2) is 5.17 Å². The van der Waals surface area contributed by atoms with Gasteiger partial charge in [0, 0.05) is 0 Å². The molecule has 2 aliphatic heterocycles. The van der Waals surface area contributed by atoms with E-state index in [0.717, 1.165) is 11.3 Å². The fraction of sp³-hybridized carbons (Fsp3) is 0.421. The van der Waals surface area contributed by atoms with Gasteiger partial charge < -0.3 is 9.47 Å². The third-order valence-electron chi connectivity index (χ3n) is 4.05. The minimum Gasteiger partial charge on any atom is -0.491 e. The Morgan fingerprint density at radius 2 is 2.04 bits per heavy atom. The predicted octanol–water partition coefficient (Wildman–Crippen LogP) is 3.30. The van der Waals surface area contributed by atoms with Crippen LogP contribution in [0.3, 0.4) is 0 Å². The predicted molar refractivity (Wildman–Crippen MR) is 101 cm³/mol. The van der Waals surface area contributed by atoms with Crippen molar-refractivity contribution in [3.05, 3.63) is 41.1 Å². The van der Waals surface area contributed by atoms with E-state index in [1.807, 2.05) is 38.1 Å². The van der Waals surface area contributed by atoms with Gasteiger partial charge in [-0.2, -0.15) is 0 Å². The summed E-state index contributed by atoms with van der Waals surface area (Å²) in [4.78, 5) is 31.1. The number of amides is 1. The van der Waals surface area contributed by atoms with E-state index >= 15 is 0 Å². The van der Waals surface area contributed by atoms with Crippen LogP contribution in [0, 0.1) is 0 Å². The summed E-state index contributed by atoms with van der Waals surface area (Å²) in [5.74, 6) is 0.572. The topological polar surface area (TPSA) is 68.2 Å². The number of carbonyl (C=O) groups excluding carboxylic acids is 2. The van der Waals surface area contributed by atoms with Crippen LogP contribution in [0.15, 0.2) is 40.5 Å². The van der Waals surface area contributed by atoms with E-state index in [4.69, 9.17) is 9.47 Å². The summed E-state index contributed by atoms with van der Waals surface area (Å²) in [7, 11) is 0. The molecule has 6 nitrogen and oxygen atoms in total. The van der Waals surface area contributed by atoms with Crippen molar-refractivity contribution in [1.29, 1.82) is 0 Å². The maximum absolute atomic E-state index is 12.6. The lowest BCUT2D eigenvalue weighted by atomic mass is 9.94. The molecule has 0 saturated carbocycles. The summed E-state index contributed by atoms with van der Waals surface area (Å²) >= 11 is 1.39. The van der Waals surface area contributed by atoms with E-state index in [1.54, 1.807) is 18.7 Å². The molecule has 0 bridgehead atoms. The van der Waals surface area contributed by atoms with Crippen LogP contribution in [-0.2, 0) is 14.3 Å². The van der Waals surface area contributed by atoms with Crippen LogP contribution in [0.2, 0.25) is 0 Å². The number of aliphatic imine (C=N–C) groups is 1. The molecule has 2 heterocycles. The van der Waals surface area contributed by atoms with Crippen molar-refractivity contribution in [3.63, 3.8) is 0 Å². The van der Waals surface area contributed by atoms with Crippen LogP contribution in [-0.4, -0.2) is 40.4 Å². The number of esters is 1. The Balaban J connectivity index is 2.03. The molecule has 7 heteroatoms. The molecule has 0 N–H and O–H groups in total. The number of carbonyl (C=O) groups is 2. The standard InChI is InChI=1S/C19H22N2O4S/c1-5-24-18(23)16-12(4)20-19-21(15(22)10-26-19)17(16)13-6-8-14(9-7-13)25-11(2)3/h6-9,11,17H,5,10H2,1-4H3. The summed E-state index contributed by atoms with van der Waals surface area (Å²) in [6.45, 7) is 7.73. The second-order valence-electron chi connectivity index (χ2n) is 6.30. The maximum Gasteiger partial charge on any atom is 0.338 e. The Hall–Kier alpha value is -2.28. The molecule has 0 radical (unpaired) electrons. The molecule has 1 aromatic carbocycles. The molecular formula is C19H22N2O4S. The highest BCUT2D eigenvalue weighted by molar-refractivity contribution is 8.15. The van der Waals surface area contributed by atoms with Crippen LogP contribution in [0.4, 0.5) is 0 Å². The van der Waals surface area contributed by atoms with Crippen LogP contribution < -0.4 is 4.74 Å². The number of rotatable bonds is 5. The first kappa shape index (κ1) is 18.5. The summed E-state index contributed by atoms with van der Waals surface area (Å²) in [6, 6.07) is 6.94. The SMILES string of the molecule is CCOC(=O)C1=C(C)N=C2SCC(=O)N2C1c1ccc(OC(C)C)cc1. The Morgan fingerprint density at radius 3 is 2.65 bits per heavy atom. The molecule has 1 fully saturated rings. The number of fused-ring (bicyclic) bond motifs is 1. The van der Waals surface area contributed by atoms with E-state index in [0.29, 0.717) is 22.2 Å². The summed E-state index contributed by atoms with van der Waals surface area (Å²) in [5, 5.41) is 0.632. The molecule has 0 aliphatic carbocycles. The van der Waals surface area contributed by atoms with Gasteiger partial charge in [-0.25, -0.2) is 9.79 Å². The monoisotopic (exact) mass is 374 g/mol. The zero-order valence-electron chi connectivity index (χ0n) is 15.3. The Morgan fingerprint density at radius 1 is 1.35 bits per heavy atom. The minimum atomic E-state index is -0.530. The molecule has 3 rings (SSSR count). The van der Waals surface area contributed by atoms with Gasteiger partial charge >= 0.3 is 5.97 Å². The first-order valence-corrected chi connectivity index (χ1v) is 9.59. The van der Waals surface area contributed by atoms with Crippen LogP contribution >= 0.6 is 11.8 Å². The number of hydrogen-bond donors (Lipinski definition) is 0. The van der Waals surface area contributed by atoms with E-state index in [9.17, 15) is 9.59 Å². The van der Waals surface area contributed by atoms with Gasteiger partial charge in [0.05, 0.1) is 35.8 Å². The fourth-order valence-electron chi connectivity index (χ4n) is 3.03. The van der Waals surface area contributed by atoms with Crippen molar-refractivity contribution in [1.82, 2.24) is 4.90 Å². The normalized spacial score (nSPS) is 19.6. The van der Waals surface area contributed by atoms with Gasteiger partial charge in [0.25, 0.3) is 0 Å². The third kappa shape index (κ3) is 3.49. The maximum atomic E-state index is 12.6. The smallest absolute Gasteiger partial charge is 0.338 e. The Kier molecular flexibility index (Phi) is 5.36. The number of allylic oxidation sites excluding steroid dienone is 1. The second-order valence-corrected chi connectivity index (χ2v) is 7.25. The number of thioether (sulfide) groups is 1. The van der Waals surface area contributed by atoms with Crippen molar-refractivity contribution >= 4 is 28.8 Å². The quantitative estimate of drug-likeness (QED) is 0.740. The van der Waals surface area contributed by atoms with Crippen molar-refractivity contribution in [2.45, 2.75) is 39.8 Å². The molecule has 0 spiro atoms.